The van der Waals surface area contributed by atoms with Gasteiger partial charge in [-0.1, -0.05) is 140 Å². The van der Waals surface area contributed by atoms with Crippen molar-refractivity contribution in [2.24, 2.45) is 0 Å². The van der Waals surface area contributed by atoms with E-state index in [4.69, 9.17) is 24.9 Å². The number of fused-ring (bicyclic) bond motifs is 9. The molecule has 0 saturated heterocycles. The van der Waals surface area contributed by atoms with E-state index in [1.807, 2.05) is 24.3 Å². The van der Waals surface area contributed by atoms with E-state index < -0.39 is 0 Å². The molecule has 57 heavy (non-hydrogen) atoms. The lowest BCUT2D eigenvalue weighted by atomic mass is 10.0. The second-order valence-corrected chi connectivity index (χ2v) is 16.2. The minimum absolute atomic E-state index is 0.568. The second-order valence-electron chi connectivity index (χ2n) is 14.0. The summed E-state index contributed by atoms with van der Waals surface area (Å²) in [5.74, 6) is 2.47. The zero-order valence-electron chi connectivity index (χ0n) is 30.2. The van der Waals surface area contributed by atoms with Crippen LogP contribution in [0.5, 0.6) is 0 Å². The van der Waals surface area contributed by atoms with Gasteiger partial charge in [0.15, 0.2) is 17.5 Å². The van der Waals surface area contributed by atoms with Gasteiger partial charge in [0, 0.05) is 63.3 Å². The van der Waals surface area contributed by atoms with Crippen LogP contribution in [0.1, 0.15) is 0 Å². The number of hydrogen-bond donors (Lipinski definition) is 0. The fourth-order valence-electron chi connectivity index (χ4n) is 8.18. The maximum Gasteiger partial charge on any atom is 0.238 e. The van der Waals surface area contributed by atoms with Crippen molar-refractivity contribution < 1.29 is 0 Å². The van der Waals surface area contributed by atoms with Crippen molar-refractivity contribution >= 4 is 85.0 Å². The molecule has 7 aromatic carbocycles. The summed E-state index contributed by atoms with van der Waals surface area (Å²) in [5, 5.41) is 5.60. The molecule has 0 fully saturated rings. The van der Waals surface area contributed by atoms with Crippen molar-refractivity contribution in [2.75, 3.05) is 0 Å². The lowest BCUT2D eigenvalue weighted by Gasteiger charge is -2.12. The van der Waals surface area contributed by atoms with Crippen LogP contribution >= 0.6 is 22.7 Å². The molecular formula is C49H28N6S2. The van der Waals surface area contributed by atoms with Gasteiger partial charge in [-0.15, -0.1) is 22.7 Å². The predicted molar refractivity (Wildman–Crippen MR) is 237 cm³/mol. The molecule has 12 aromatic rings. The van der Waals surface area contributed by atoms with E-state index in [1.54, 1.807) is 22.7 Å². The Balaban J connectivity index is 1.15. The monoisotopic (exact) mass is 764 g/mol. The van der Waals surface area contributed by atoms with Crippen molar-refractivity contribution in [1.29, 1.82) is 0 Å². The summed E-state index contributed by atoms with van der Waals surface area (Å²) in [7, 11) is 0. The fourth-order valence-corrected chi connectivity index (χ4v) is 10.5. The first-order valence-electron chi connectivity index (χ1n) is 18.8. The number of thiophene rings is 2. The van der Waals surface area contributed by atoms with E-state index in [0.29, 0.717) is 23.4 Å². The number of hydrogen-bond acceptors (Lipinski definition) is 7. The first kappa shape index (κ1) is 32.1. The van der Waals surface area contributed by atoms with Crippen molar-refractivity contribution in [3.8, 4) is 51.4 Å². The van der Waals surface area contributed by atoms with Gasteiger partial charge in [0.25, 0.3) is 0 Å². The van der Waals surface area contributed by atoms with E-state index in [-0.39, 0.29) is 0 Å². The van der Waals surface area contributed by atoms with E-state index in [9.17, 15) is 0 Å². The van der Waals surface area contributed by atoms with Gasteiger partial charge in [-0.25, -0.2) is 15.0 Å². The molecule has 0 aliphatic heterocycles. The molecule has 0 bridgehead atoms. The average molecular weight is 765 g/mol. The molecule has 5 aromatic heterocycles. The van der Waals surface area contributed by atoms with E-state index >= 15 is 0 Å². The number of para-hydroxylation sites is 2. The first-order chi connectivity index (χ1) is 28.3. The van der Waals surface area contributed by atoms with Crippen molar-refractivity contribution in [3.05, 3.63) is 170 Å². The summed E-state index contributed by atoms with van der Waals surface area (Å²) in [6.45, 7) is 0. The van der Waals surface area contributed by atoms with Gasteiger partial charge in [-0.05, 0) is 30.3 Å². The molecule has 6 nitrogen and oxygen atoms in total. The molecule has 5 heterocycles. The van der Waals surface area contributed by atoms with Crippen LogP contribution in [0.25, 0.3) is 114 Å². The molecule has 0 aliphatic carbocycles. The lowest BCUT2D eigenvalue weighted by Crippen LogP contribution is -2.06. The third-order valence-corrected chi connectivity index (χ3v) is 13.0. The zero-order valence-corrected chi connectivity index (χ0v) is 31.8. The molecule has 0 atom stereocenters. The Labute approximate surface area is 334 Å². The smallest absolute Gasteiger partial charge is 0.238 e. The maximum atomic E-state index is 5.39. The minimum atomic E-state index is 0.568. The molecule has 0 amide bonds. The van der Waals surface area contributed by atoms with Crippen LogP contribution in [-0.2, 0) is 0 Å². The summed E-state index contributed by atoms with van der Waals surface area (Å²) in [5.41, 5.74) is 7.88. The Morgan fingerprint density at radius 2 is 0.895 bits per heavy atom. The molecule has 0 saturated carbocycles. The molecule has 0 N–H and O–H groups in total. The van der Waals surface area contributed by atoms with Gasteiger partial charge >= 0.3 is 0 Å². The Hall–Kier alpha value is -7.13. The van der Waals surface area contributed by atoms with Crippen LogP contribution in [0.4, 0.5) is 0 Å². The molecule has 0 unspecified atom stereocenters. The third kappa shape index (κ3) is 5.05. The molecule has 0 spiro atoms. The van der Waals surface area contributed by atoms with Crippen LogP contribution < -0.4 is 0 Å². The summed E-state index contributed by atoms with van der Waals surface area (Å²) in [4.78, 5) is 26.5. The molecular weight excluding hydrogens is 737 g/mol. The molecule has 12 rings (SSSR count). The van der Waals surface area contributed by atoms with Gasteiger partial charge in [0.1, 0.15) is 0 Å². The average Bonchev–Trinajstić information content (AvgIpc) is 3.96. The highest BCUT2D eigenvalue weighted by molar-refractivity contribution is 7.26. The summed E-state index contributed by atoms with van der Waals surface area (Å²) < 4.78 is 6.74. The van der Waals surface area contributed by atoms with Gasteiger partial charge in [0.2, 0.25) is 5.95 Å². The molecule has 266 valence electrons. The van der Waals surface area contributed by atoms with Crippen LogP contribution in [0.2, 0.25) is 0 Å². The van der Waals surface area contributed by atoms with Crippen LogP contribution in [0.15, 0.2) is 170 Å². The van der Waals surface area contributed by atoms with E-state index in [0.717, 1.165) is 85.5 Å². The summed E-state index contributed by atoms with van der Waals surface area (Å²) >= 11 is 3.51. The molecule has 0 radical (unpaired) electrons. The number of nitrogens with zero attached hydrogens (tertiary/aromatic N) is 6. The van der Waals surface area contributed by atoms with Gasteiger partial charge in [0.05, 0.1) is 26.9 Å². The lowest BCUT2D eigenvalue weighted by molar-refractivity contribution is 0.954. The SMILES string of the molecule is c1ccc(-c2nc(-c3cccc4sc5cccc(-c6nc(-c7ccccc7)c7sc8ccccc8c7n6)c5c34)nc(-n3c4ccccc4c4ccccc43)n2)cc1. The highest BCUT2D eigenvalue weighted by Gasteiger charge is 2.23. The first-order valence-corrected chi connectivity index (χ1v) is 20.4. The maximum absolute atomic E-state index is 5.39. The Kier molecular flexibility index (Phi) is 7.17. The van der Waals surface area contributed by atoms with E-state index in [1.165, 1.54) is 4.70 Å². The normalized spacial score (nSPS) is 11.9. The largest absolute Gasteiger partial charge is 0.278 e. The second kappa shape index (κ2) is 12.7. The van der Waals surface area contributed by atoms with Crippen LogP contribution in [0, 0.1) is 0 Å². The minimum Gasteiger partial charge on any atom is -0.278 e. The third-order valence-electron chi connectivity index (χ3n) is 10.7. The van der Waals surface area contributed by atoms with Crippen LogP contribution in [-0.4, -0.2) is 29.5 Å². The molecule has 8 heteroatoms. The Morgan fingerprint density at radius 1 is 0.368 bits per heavy atom. The summed E-state index contributed by atoms with van der Waals surface area (Å²) in [6.07, 6.45) is 0. The van der Waals surface area contributed by atoms with Crippen molar-refractivity contribution in [1.82, 2.24) is 29.5 Å². The molecule has 0 aliphatic rings. The summed E-state index contributed by atoms with van der Waals surface area (Å²) in [6, 6.07) is 58.9. The fraction of sp³-hybridized carbons (Fsp3) is 0. The quantitative estimate of drug-likeness (QED) is 0.175. The zero-order chi connectivity index (χ0) is 37.5. The topological polar surface area (TPSA) is 69.4 Å². The van der Waals surface area contributed by atoms with Crippen molar-refractivity contribution in [3.63, 3.8) is 0 Å². The highest BCUT2D eigenvalue weighted by atomic mass is 32.1. The van der Waals surface area contributed by atoms with Crippen molar-refractivity contribution in [2.45, 2.75) is 0 Å². The van der Waals surface area contributed by atoms with Gasteiger partial charge in [-0.2, -0.15) is 9.97 Å². The highest BCUT2D eigenvalue weighted by Crippen LogP contribution is 2.45. The Bertz CT molecular complexity index is 3480. The predicted octanol–water partition coefficient (Wildman–Crippen LogP) is 13.2. The standard InChI is InChI=1S/C49H28N6S2/c1-3-15-29(16-4-1)43-45-44(33-21-9-12-26-38(33)57-45)51-47(50-43)34-22-13-27-39-41(34)42-35(23-14-28-40(42)56-39)48-52-46(30-17-5-2-6-18-30)53-49(54-48)55-36-24-10-7-19-31(36)32-20-8-11-25-37(32)55/h1-28H. The van der Waals surface area contributed by atoms with Gasteiger partial charge < -0.3 is 0 Å². The number of aromatic nitrogens is 6. The number of rotatable bonds is 5. The Morgan fingerprint density at radius 3 is 1.56 bits per heavy atom. The van der Waals surface area contributed by atoms with Crippen LogP contribution in [0.3, 0.4) is 0 Å². The number of benzene rings is 7. The van der Waals surface area contributed by atoms with Gasteiger partial charge in [-0.3, -0.25) is 4.57 Å². The van der Waals surface area contributed by atoms with E-state index in [2.05, 4.69) is 150 Å².